The first-order chi connectivity index (χ1) is 5.82. The van der Waals surface area contributed by atoms with Gasteiger partial charge in [0.15, 0.2) is 0 Å². The molecule has 0 aliphatic rings. The molecule has 0 fully saturated rings. The highest BCUT2D eigenvalue weighted by Crippen LogP contribution is 2.30. The van der Waals surface area contributed by atoms with Gasteiger partial charge in [-0.25, -0.2) is 4.98 Å². The van der Waals surface area contributed by atoms with Crippen molar-refractivity contribution < 1.29 is 4.39 Å². The summed E-state index contributed by atoms with van der Waals surface area (Å²) in [6.07, 6.45) is 0. The summed E-state index contributed by atoms with van der Waals surface area (Å²) in [6, 6.07) is 1.38. The average Bonchev–Trinajstić information content (AvgIpc) is 1.94. The Bertz CT molecular complexity index is 331. The summed E-state index contributed by atoms with van der Waals surface area (Å²) in [5.41, 5.74) is 0.249. The predicted molar refractivity (Wildman–Crippen MR) is 52.9 cm³/mol. The van der Waals surface area contributed by atoms with E-state index in [1.807, 2.05) is 20.8 Å². The Balaban J connectivity index is 3.32. The second kappa shape index (κ2) is 3.43. The Hall–Kier alpha value is -0.340. The van der Waals surface area contributed by atoms with Crippen molar-refractivity contribution in [2.75, 3.05) is 0 Å². The molecule has 0 aromatic carbocycles. The third kappa shape index (κ3) is 2.32. The van der Waals surface area contributed by atoms with E-state index in [0.29, 0.717) is 10.7 Å². The Morgan fingerprint density at radius 3 is 2.23 bits per heavy atom. The fourth-order valence-corrected chi connectivity index (χ4v) is 1.61. The van der Waals surface area contributed by atoms with Crippen LogP contribution in [0.5, 0.6) is 0 Å². The lowest BCUT2D eigenvalue weighted by Gasteiger charge is -2.19. The third-order valence-corrected chi connectivity index (χ3v) is 2.15. The van der Waals surface area contributed by atoms with Gasteiger partial charge in [-0.05, 0) is 6.07 Å². The van der Waals surface area contributed by atoms with E-state index in [4.69, 9.17) is 23.2 Å². The summed E-state index contributed by atoms with van der Waals surface area (Å²) in [4.78, 5) is 3.71. The van der Waals surface area contributed by atoms with Crippen molar-refractivity contribution in [3.05, 3.63) is 27.8 Å². The maximum atomic E-state index is 13.0. The predicted octanol–water partition coefficient (Wildman–Crippen LogP) is 3.83. The van der Waals surface area contributed by atoms with Crippen LogP contribution in [0.3, 0.4) is 0 Å². The van der Waals surface area contributed by atoms with Crippen molar-refractivity contribution in [2.45, 2.75) is 26.2 Å². The number of hydrogen-bond acceptors (Lipinski definition) is 1. The molecule has 13 heavy (non-hydrogen) atoms. The molecule has 0 saturated heterocycles. The lowest BCUT2D eigenvalue weighted by molar-refractivity contribution is 0.524. The molecule has 0 aliphatic carbocycles. The van der Waals surface area contributed by atoms with E-state index in [1.54, 1.807) is 0 Å². The summed E-state index contributed by atoms with van der Waals surface area (Å²) in [5.74, 6) is -0.670. The zero-order valence-electron chi connectivity index (χ0n) is 7.66. The zero-order chi connectivity index (χ0) is 10.2. The molecule has 0 amide bonds. The molecule has 0 N–H and O–H groups in total. The molecule has 0 atom stereocenters. The van der Waals surface area contributed by atoms with Crippen molar-refractivity contribution in [1.82, 2.24) is 4.98 Å². The molecule has 0 radical (unpaired) electrons. The standard InChI is InChI=1S/C9H10Cl2FN/c1-9(2,3)7-5(10)4-6(11)8(12)13-7/h4H,1-3H3. The van der Waals surface area contributed by atoms with Gasteiger partial charge in [0, 0.05) is 5.41 Å². The van der Waals surface area contributed by atoms with E-state index < -0.39 is 5.95 Å². The van der Waals surface area contributed by atoms with Crippen LogP contribution in [0.4, 0.5) is 4.39 Å². The second-order valence-corrected chi connectivity index (χ2v) is 4.66. The van der Waals surface area contributed by atoms with Gasteiger partial charge in [-0.3, -0.25) is 0 Å². The van der Waals surface area contributed by atoms with Crippen molar-refractivity contribution in [3.8, 4) is 0 Å². The molecule has 1 heterocycles. The topological polar surface area (TPSA) is 12.9 Å². The summed E-state index contributed by atoms with van der Waals surface area (Å²) in [6.45, 7) is 5.73. The minimum Gasteiger partial charge on any atom is -0.221 e. The number of pyridine rings is 1. The molecule has 0 bridgehead atoms. The van der Waals surface area contributed by atoms with Gasteiger partial charge in [0.25, 0.3) is 0 Å². The van der Waals surface area contributed by atoms with Crippen LogP contribution in [-0.2, 0) is 5.41 Å². The monoisotopic (exact) mass is 221 g/mol. The van der Waals surface area contributed by atoms with Gasteiger partial charge in [0.05, 0.1) is 15.7 Å². The molecule has 0 unspecified atom stereocenters. The molecule has 1 nitrogen and oxygen atoms in total. The molecule has 0 spiro atoms. The van der Waals surface area contributed by atoms with Crippen LogP contribution in [0, 0.1) is 5.95 Å². The van der Waals surface area contributed by atoms with Crippen molar-refractivity contribution in [1.29, 1.82) is 0 Å². The van der Waals surface area contributed by atoms with Gasteiger partial charge in [-0.2, -0.15) is 4.39 Å². The highest BCUT2D eigenvalue weighted by molar-refractivity contribution is 6.34. The van der Waals surface area contributed by atoms with Crippen LogP contribution >= 0.6 is 23.2 Å². The summed E-state index contributed by atoms with van der Waals surface area (Å²) in [7, 11) is 0. The van der Waals surface area contributed by atoms with Gasteiger partial charge in [-0.1, -0.05) is 44.0 Å². The van der Waals surface area contributed by atoms with Gasteiger partial charge >= 0.3 is 0 Å². The van der Waals surface area contributed by atoms with Crippen LogP contribution in [-0.4, -0.2) is 4.98 Å². The Labute approximate surface area is 86.9 Å². The van der Waals surface area contributed by atoms with Crippen molar-refractivity contribution in [3.63, 3.8) is 0 Å². The maximum absolute atomic E-state index is 13.0. The van der Waals surface area contributed by atoms with E-state index in [0.717, 1.165) is 0 Å². The van der Waals surface area contributed by atoms with Crippen molar-refractivity contribution in [2.24, 2.45) is 0 Å². The maximum Gasteiger partial charge on any atom is 0.231 e. The fourth-order valence-electron chi connectivity index (χ4n) is 0.970. The molecular formula is C9H10Cl2FN. The number of rotatable bonds is 0. The van der Waals surface area contributed by atoms with Crippen LogP contribution < -0.4 is 0 Å². The van der Waals surface area contributed by atoms with Gasteiger partial charge in [0.2, 0.25) is 5.95 Å². The molecule has 4 heteroatoms. The lowest BCUT2D eigenvalue weighted by atomic mass is 9.92. The lowest BCUT2D eigenvalue weighted by Crippen LogP contribution is -2.15. The summed E-state index contributed by atoms with van der Waals surface area (Å²) in [5, 5.41) is 0.358. The van der Waals surface area contributed by atoms with Gasteiger partial charge < -0.3 is 0 Å². The number of aromatic nitrogens is 1. The zero-order valence-corrected chi connectivity index (χ0v) is 9.17. The number of hydrogen-bond donors (Lipinski definition) is 0. The molecule has 1 aromatic rings. The first kappa shape index (κ1) is 10.7. The summed E-state index contributed by atoms with van der Waals surface area (Å²) < 4.78 is 13.0. The first-order valence-corrected chi connectivity index (χ1v) is 4.60. The quantitative estimate of drug-likeness (QED) is 0.608. The molecule has 72 valence electrons. The molecule has 0 saturated carbocycles. The number of nitrogens with zero attached hydrogens (tertiary/aromatic N) is 1. The largest absolute Gasteiger partial charge is 0.231 e. The number of halogens is 3. The summed E-state index contributed by atoms with van der Waals surface area (Å²) >= 11 is 11.4. The third-order valence-electron chi connectivity index (χ3n) is 1.60. The Morgan fingerprint density at radius 1 is 1.23 bits per heavy atom. The Morgan fingerprint density at radius 2 is 1.77 bits per heavy atom. The van der Waals surface area contributed by atoms with E-state index in [9.17, 15) is 4.39 Å². The van der Waals surface area contributed by atoms with Crippen LogP contribution in [0.25, 0.3) is 0 Å². The minimum absolute atomic E-state index is 0.0435. The van der Waals surface area contributed by atoms with Crippen molar-refractivity contribution >= 4 is 23.2 Å². The highest BCUT2D eigenvalue weighted by atomic mass is 35.5. The van der Waals surface area contributed by atoms with Crippen LogP contribution in [0.15, 0.2) is 6.07 Å². The SMILES string of the molecule is CC(C)(C)c1nc(F)c(Cl)cc1Cl. The molecule has 0 aliphatic heterocycles. The Kier molecular flexibility index (Phi) is 2.83. The second-order valence-electron chi connectivity index (χ2n) is 3.84. The first-order valence-electron chi connectivity index (χ1n) is 3.84. The average molecular weight is 222 g/mol. The van der Waals surface area contributed by atoms with Gasteiger partial charge in [-0.15, -0.1) is 0 Å². The molecule has 1 rings (SSSR count). The van der Waals surface area contributed by atoms with E-state index in [2.05, 4.69) is 4.98 Å². The normalized spacial score (nSPS) is 11.8. The molecular weight excluding hydrogens is 212 g/mol. The van der Waals surface area contributed by atoms with E-state index >= 15 is 0 Å². The van der Waals surface area contributed by atoms with E-state index in [-0.39, 0.29) is 10.4 Å². The van der Waals surface area contributed by atoms with Gasteiger partial charge in [0.1, 0.15) is 0 Å². The fraction of sp³-hybridized carbons (Fsp3) is 0.444. The highest BCUT2D eigenvalue weighted by Gasteiger charge is 2.21. The van der Waals surface area contributed by atoms with Crippen LogP contribution in [0.1, 0.15) is 26.5 Å². The molecule has 1 aromatic heterocycles. The smallest absolute Gasteiger partial charge is 0.221 e. The van der Waals surface area contributed by atoms with E-state index in [1.165, 1.54) is 6.07 Å². The van der Waals surface area contributed by atoms with Crippen LogP contribution in [0.2, 0.25) is 10.0 Å². The minimum atomic E-state index is -0.670.